The molecule has 0 fully saturated rings. The van der Waals surface area contributed by atoms with Crippen LogP contribution in [0.15, 0.2) is 24.3 Å². The van der Waals surface area contributed by atoms with Gasteiger partial charge in [0.25, 0.3) is 0 Å². The average molecular weight is 213 g/mol. The van der Waals surface area contributed by atoms with E-state index in [-0.39, 0.29) is 0 Å². The maximum absolute atomic E-state index is 5.61. The SMILES string of the molecule is BrC[C@H]1Cc2ccccc2O1. The van der Waals surface area contributed by atoms with Crippen LogP contribution in [0.4, 0.5) is 0 Å². The molecule has 2 heteroatoms. The van der Waals surface area contributed by atoms with Crippen LogP contribution in [-0.2, 0) is 6.42 Å². The van der Waals surface area contributed by atoms with E-state index in [1.54, 1.807) is 0 Å². The maximum atomic E-state index is 5.61. The number of hydrogen-bond donors (Lipinski definition) is 0. The highest BCUT2D eigenvalue weighted by Crippen LogP contribution is 2.28. The molecule has 11 heavy (non-hydrogen) atoms. The first-order valence-corrected chi connectivity index (χ1v) is 4.83. The predicted molar refractivity (Wildman–Crippen MR) is 48.4 cm³/mol. The van der Waals surface area contributed by atoms with Crippen LogP contribution in [0.1, 0.15) is 5.56 Å². The van der Waals surface area contributed by atoms with E-state index < -0.39 is 0 Å². The molecular weight excluding hydrogens is 204 g/mol. The average Bonchev–Trinajstić information content (AvgIpc) is 2.46. The van der Waals surface area contributed by atoms with Crippen LogP contribution in [0.5, 0.6) is 5.75 Å². The van der Waals surface area contributed by atoms with Gasteiger partial charge in [-0.05, 0) is 11.6 Å². The first-order chi connectivity index (χ1) is 5.40. The summed E-state index contributed by atoms with van der Waals surface area (Å²) in [5, 5.41) is 0.918. The number of para-hydroxylation sites is 1. The Kier molecular flexibility index (Phi) is 1.86. The van der Waals surface area contributed by atoms with Crippen LogP contribution in [-0.4, -0.2) is 11.4 Å². The second-order valence-corrected chi connectivity index (χ2v) is 3.35. The van der Waals surface area contributed by atoms with Gasteiger partial charge >= 0.3 is 0 Å². The number of benzene rings is 1. The van der Waals surface area contributed by atoms with Crippen molar-refractivity contribution in [3.63, 3.8) is 0 Å². The molecule has 1 atom stereocenters. The van der Waals surface area contributed by atoms with Gasteiger partial charge in [0.2, 0.25) is 0 Å². The van der Waals surface area contributed by atoms with E-state index in [4.69, 9.17) is 4.74 Å². The Labute approximate surface area is 74.5 Å². The van der Waals surface area contributed by atoms with Crippen molar-refractivity contribution >= 4 is 15.9 Å². The lowest BCUT2D eigenvalue weighted by Gasteiger charge is -2.04. The molecule has 2 rings (SSSR count). The Hall–Kier alpha value is -0.500. The van der Waals surface area contributed by atoms with Gasteiger partial charge in [0.15, 0.2) is 0 Å². The molecule has 0 amide bonds. The third-order valence-corrected chi connectivity index (χ3v) is 2.61. The standard InChI is InChI=1S/C9H9BrO/c10-6-8-5-7-3-1-2-4-9(7)11-8/h1-4,8H,5-6H2/t8-/m1/s1. The van der Waals surface area contributed by atoms with E-state index in [2.05, 4.69) is 28.1 Å². The number of halogens is 1. The van der Waals surface area contributed by atoms with Gasteiger partial charge in [-0.2, -0.15) is 0 Å². The minimum atomic E-state index is 0.340. The number of fused-ring (bicyclic) bond motifs is 1. The van der Waals surface area contributed by atoms with E-state index in [1.807, 2.05) is 12.1 Å². The zero-order valence-corrected chi connectivity index (χ0v) is 7.67. The number of hydrogen-bond acceptors (Lipinski definition) is 1. The van der Waals surface area contributed by atoms with Gasteiger partial charge in [-0.25, -0.2) is 0 Å². The second-order valence-electron chi connectivity index (χ2n) is 2.71. The lowest BCUT2D eigenvalue weighted by Crippen LogP contribution is -2.13. The number of alkyl halides is 1. The van der Waals surface area contributed by atoms with Crippen molar-refractivity contribution in [3.8, 4) is 5.75 Å². The Balaban J connectivity index is 2.27. The van der Waals surface area contributed by atoms with Crippen LogP contribution < -0.4 is 4.74 Å². The zero-order chi connectivity index (χ0) is 7.68. The minimum Gasteiger partial charge on any atom is -0.489 e. The Morgan fingerprint density at radius 2 is 2.27 bits per heavy atom. The molecule has 0 N–H and O–H groups in total. The maximum Gasteiger partial charge on any atom is 0.123 e. The van der Waals surface area contributed by atoms with Crippen molar-refractivity contribution in [2.45, 2.75) is 12.5 Å². The van der Waals surface area contributed by atoms with Crippen LogP contribution in [0.2, 0.25) is 0 Å². The molecule has 1 aliphatic rings. The molecule has 0 aliphatic carbocycles. The summed E-state index contributed by atoms with van der Waals surface area (Å²) in [5.41, 5.74) is 1.33. The van der Waals surface area contributed by atoms with Gasteiger partial charge in [0, 0.05) is 11.8 Å². The molecule has 0 aromatic heterocycles. The van der Waals surface area contributed by atoms with Gasteiger partial charge in [0.05, 0.1) is 0 Å². The molecule has 1 aromatic carbocycles. The highest BCUT2D eigenvalue weighted by molar-refractivity contribution is 9.09. The largest absolute Gasteiger partial charge is 0.489 e. The quantitative estimate of drug-likeness (QED) is 0.650. The Bertz CT molecular complexity index is 234. The summed E-state index contributed by atoms with van der Waals surface area (Å²) >= 11 is 3.41. The highest BCUT2D eigenvalue weighted by Gasteiger charge is 2.20. The van der Waals surface area contributed by atoms with Crippen molar-refractivity contribution in [1.82, 2.24) is 0 Å². The summed E-state index contributed by atoms with van der Waals surface area (Å²) in [7, 11) is 0. The molecule has 0 saturated heterocycles. The van der Waals surface area contributed by atoms with E-state index >= 15 is 0 Å². The predicted octanol–water partition coefficient (Wildman–Crippen LogP) is 2.39. The Morgan fingerprint density at radius 3 is 3.00 bits per heavy atom. The summed E-state index contributed by atoms with van der Waals surface area (Å²) in [6.07, 6.45) is 1.38. The summed E-state index contributed by atoms with van der Waals surface area (Å²) in [5.74, 6) is 1.05. The van der Waals surface area contributed by atoms with Crippen molar-refractivity contribution in [1.29, 1.82) is 0 Å². The normalized spacial score (nSPS) is 21.0. The molecule has 1 heterocycles. The van der Waals surface area contributed by atoms with Crippen molar-refractivity contribution < 1.29 is 4.74 Å². The molecule has 0 bridgehead atoms. The van der Waals surface area contributed by atoms with Crippen LogP contribution in [0.3, 0.4) is 0 Å². The Morgan fingerprint density at radius 1 is 1.45 bits per heavy atom. The van der Waals surface area contributed by atoms with E-state index in [0.29, 0.717) is 6.10 Å². The fraction of sp³-hybridized carbons (Fsp3) is 0.333. The van der Waals surface area contributed by atoms with Crippen LogP contribution in [0, 0.1) is 0 Å². The molecule has 1 aromatic rings. The minimum absolute atomic E-state index is 0.340. The lowest BCUT2D eigenvalue weighted by atomic mass is 10.1. The first kappa shape index (κ1) is 7.17. The molecular formula is C9H9BrO. The van der Waals surface area contributed by atoms with Gasteiger partial charge in [0.1, 0.15) is 11.9 Å². The monoisotopic (exact) mass is 212 g/mol. The highest BCUT2D eigenvalue weighted by atomic mass is 79.9. The lowest BCUT2D eigenvalue weighted by molar-refractivity contribution is 0.260. The fourth-order valence-electron chi connectivity index (χ4n) is 1.34. The summed E-state index contributed by atoms with van der Waals surface area (Å²) < 4.78 is 5.61. The molecule has 0 unspecified atom stereocenters. The van der Waals surface area contributed by atoms with Crippen molar-refractivity contribution in [2.75, 3.05) is 5.33 Å². The van der Waals surface area contributed by atoms with E-state index in [0.717, 1.165) is 17.5 Å². The molecule has 0 spiro atoms. The fourth-order valence-corrected chi connectivity index (χ4v) is 1.70. The zero-order valence-electron chi connectivity index (χ0n) is 6.09. The van der Waals surface area contributed by atoms with Crippen molar-refractivity contribution in [3.05, 3.63) is 29.8 Å². The molecule has 58 valence electrons. The van der Waals surface area contributed by atoms with Gasteiger partial charge < -0.3 is 4.74 Å². The summed E-state index contributed by atoms with van der Waals surface area (Å²) in [6, 6.07) is 8.21. The van der Waals surface area contributed by atoms with Gasteiger partial charge in [-0.1, -0.05) is 34.1 Å². The molecule has 1 aliphatic heterocycles. The van der Waals surface area contributed by atoms with Crippen LogP contribution in [0.25, 0.3) is 0 Å². The summed E-state index contributed by atoms with van der Waals surface area (Å²) in [6.45, 7) is 0. The van der Waals surface area contributed by atoms with E-state index in [1.165, 1.54) is 5.56 Å². The van der Waals surface area contributed by atoms with Crippen LogP contribution >= 0.6 is 15.9 Å². The van der Waals surface area contributed by atoms with E-state index in [9.17, 15) is 0 Å². The first-order valence-electron chi connectivity index (χ1n) is 3.70. The third-order valence-electron chi connectivity index (χ3n) is 1.89. The van der Waals surface area contributed by atoms with Gasteiger partial charge in [-0.15, -0.1) is 0 Å². The van der Waals surface area contributed by atoms with Crippen molar-refractivity contribution in [2.24, 2.45) is 0 Å². The third kappa shape index (κ3) is 1.27. The second kappa shape index (κ2) is 2.86. The van der Waals surface area contributed by atoms with Gasteiger partial charge in [-0.3, -0.25) is 0 Å². The number of rotatable bonds is 1. The topological polar surface area (TPSA) is 9.23 Å². The molecule has 0 saturated carbocycles. The molecule has 0 radical (unpaired) electrons. The number of ether oxygens (including phenoxy) is 1. The summed E-state index contributed by atoms with van der Waals surface area (Å²) in [4.78, 5) is 0. The smallest absolute Gasteiger partial charge is 0.123 e. The molecule has 1 nitrogen and oxygen atoms in total.